The summed E-state index contributed by atoms with van der Waals surface area (Å²) in [7, 11) is 0. The van der Waals surface area contributed by atoms with Gasteiger partial charge in [-0.1, -0.05) is 30.3 Å². The van der Waals surface area contributed by atoms with Crippen LogP contribution >= 0.6 is 0 Å². The third-order valence-electron chi connectivity index (χ3n) is 7.34. The minimum Gasteiger partial charge on any atom is -0.445 e. The molecule has 0 saturated heterocycles. The summed E-state index contributed by atoms with van der Waals surface area (Å²) in [5.41, 5.74) is -0.247. The average Bonchev–Trinajstić information content (AvgIpc) is 3.75. The van der Waals surface area contributed by atoms with Crippen LogP contribution in [0.25, 0.3) is 5.69 Å². The zero-order chi connectivity index (χ0) is 34.6. The van der Waals surface area contributed by atoms with Crippen LogP contribution in [-0.2, 0) is 28.9 Å². The molecule has 1 atom stereocenters. The van der Waals surface area contributed by atoms with Crippen molar-refractivity contribution in [2.24, 2.45) is 5.92 Å². The van der Waals surface area contributed by atoms with Crippen molar-refractivity contribution in [1.82, 2.24) is 15.1 Å². The van der Waals surface area contributed by atoms with Gasteiger partial charge in [0, 0.05) is 11.6 Å². The molecule has 5 rings (SSSR count). The van der Waals surface area contributed by atoms with Gasteiger partial charge in [-0.2, -0.15) is 23.5 Å². The summed E-state index contributed by atoms with van der Waals surface area (Å²) in [6, 6.07) is 19.8. The van der Waals surface area contributed by atoms with E-state index in [1.165, 1.54) is 30.3 Å². The van der Waals surface area contributed by atoms with Crippen LogP contribution in [0.3, 0.4) is 0 Å². The molecule has 1 saturated carbocycles. The number of hydrogen-bond donors (Lipinski definition) is 2. The number of benzene rings is 3. The van der Waals surface area contributed by atoms with Gasteiger partial charge in [0.2, 0.25) is 0 Å². The van der Waals surface area contributed by atoms with Crippen LogP contribution in [0, 0.1) is 23.1 Å². The standard InChI is InChI=1S/C35H33F4N5O4/c1-34(2,3)42-33(46)48-20-22-7-5-9-26(15-22)44-29(17-30(43-44)35(37,38)39)32(45)41-28-16-23(10-13-27(28)36)19-47-31(24-11-12-24)25-8-4-6-21(14-25)18-40/h4-10,13-17,24,31H,11-12,19-20H2,1-3H3,(H,41,45)(H,42,46). The number of halogens is 4. The first-order valence-electron chi connectivity index (χ1n) is 15.1. The fourth-order valence-electron chi connectivity index (χ4n) is 4.97. The first-order chi connectivity index (χ1) is 22.7. The van der Waals surface area contributed by atoms with Gasteiger partial charge >= 0.3 is 12.3 Å². The lowest BCUT2D eigenvalue weighted by Gasteiger charge is -2.20. The zero-order valence-corrected chi connectivity index (χ0v) is 26.4. The first kappa shape index (κ1) is 34.1. The summed E-state index contributed by atoms with van der Waals surface area (Å²) in [6.45, 7) is 5.18. The monoisotopic (exact) mass is 663 g/mol. The Kier molecular flexibility index (Phi) is 9.86. The number of carbonyl (C=O) groups excluding carboxylic acids is 2. The van der Waals surface area contributed by atoms with Crippen molar-refractivity contribution in [2.75, 3.05) is 5.32 Å². The number of aromatic nitrogens is 2. The highest BCUT2D eigenvalue weighted by Gasteiger charge is 2.36. The summed E-state index contributed by atoms with van der Waals surface area (Å²) >= 11 is 0. The van der Waals surface area contributed by atoms with E-state index in [-0.39, 0.29) is 36.6 Å². The molecule has 0 aliphatic heterocycles. The molecule has 4 aromatic rings. The molecule has 0 bridgehead atoms. The summed E-state index contributed by atoms with van der Waals surface area (Å²) in [5.74, 6) is -1.57. The van der Waals surface area contributed by atoms with Gasteiger partial charge in [-0.25, -0.2) is 13.9 Å². The van der Waals surface area contributed by atoms with E-state index in [9.17, 15) is 32.4 Å². The Balaban J connectivity index is 1.35. The fourth-order valence-corrected chi connectivity index (χ4v) is 4.97. The normalized spacial score (nSPS) is 13.8. The van der Waals surface area contributed by atoms with Crippen molar-refractivity contribution in [1.29, 1.82) is 5.26 Å². The molecule has 13 heteroatoms. The zero-order valence-electron chi connectivity index (χ0n) is 26.4. The SMILES string of the molecule is CC(C)(C)NC(=O)OCc1cccc(-n2nc(C(F)(F)F)cc2C(=O)Nc2cc(COC(c3cccc(C#N)c3)C3CC3)ccc2F)c1. The van der Waals surface area contributed by atoms with E-state index >= 15 is 0 Å². The second-order valence-corrected chi connectivity index (χ2v) is 12.5. The maximum Gasteiger partial charge on any atom is 0.435 e. The third-order valence-corrected chi connectivity index (χ3v) is 7.34. The molecule has 1 aliphatic carbocycles. The van der Waals surface area contributed by atoms with Gasteiger partial charge in [-0.3, -0.25) is 4.79 Å². The molecule has 1 heterocycles. The largest absolute Gasteiger partial charge is 0.445 e. The minimum absolute atomic E-state index is 0.0554. The second kappa shape index (κ2) is 13.9. The van der Waals surface area contributed by atoms with Gasteiger partial charge in [-0.15, -0.1) is 0 Å². The van der Waals surface area contributed by atoms with Gasteiger partial charge < -0.3 is 20.1 Å². The molecule has 9 nitrogen and oxygen atoms in total. The Labute approximate surface area is 274 Å². The molecule has 1 fully saturated rings. The van der Waals surface area contributed by atoms with Crippen LogP contribution in [0.2, 0.25) is 0 Å². The van der Waals surface area contributed by atoms with Crippen molar-refractivity contribution in [2.45, 2.75) is 64.6 Å². The fraction of sp³-hybridized carbons (Fsp3) is 0.314. The molecular weight excluding hydrogens is 630 g/mol. The lowest BCUT2D eigenvalue weighted by atomic mass is 10.0. The minimum atomic E-state index is -4.88. The van der Waals surface area contributed by atoms with Gasteiger partial charge in [0.1, 0.15) is 18.1 Å². The van der Waals surface area contributed by atoms with Crippen LogP contribution in [-0.4, -0.2) is 27.3 Å². The third kappa shape index (κ3) is 8.77. The summed E-state index contributed by atoms with van der Waals surface area (Å²) in [4.78, 5) is 25.5. The predicted octanol–water partition coefficient (Wildman–Crippen LogP) is 7.85. The first-order valence-corrected chi connectivity index (χ1v) is 15.1. The number of amides is 2. The molecule has 3 aromatic carbocycles. The Bertz CT molecular complexity index is 1850. The summed E-state index contributed by atoms with van der Waals surface area (Å²) in [6.07, 6.45) is -3.92. The number of alkyl carbamates (subject to hydrolysis) is 1. The van der Waals surface area contributed by atoms with Gasteiger partial charge in [0.25, 0.3) is 5.91 Å². The summed E-state index contributed by atoms with van der Waals surface area (Å²) < 4.78 is 68.4. The molecule has 0 radical (unpaired) electrons. The lowest BCUT2D eigenvalue weighted by molar-refractivity contribution is -0.141. The highest BCUT2D eigenvalue weighted by atomic mass is 19.4. The van der Waals surface area contributed by atoms with Crippen LogP contribution in [0.4, 0.5) is 28.0 Å². The number of ether oxygens (including phenoxy) is 2. The molecule has 250 valence electrons. The van der Waals surface area contributed by atoms with E-state index in [1.807, 2.05) is 6.07 Å². The highest BCUT2D eigenvalue weighted by Crippen LogP contribution is 2.44. The van der Waals surface area contributed by atoms with Crippen molar-refractivity contribution >= 4 is 17.7 Å². The van der Waals surface area contributed by atoms with Gasteiger partial charge in [0.15, 0.2) is 5.69 Å². The maximum atomic E-state index is 14.9. The quantitative estimate of drug-likeness (QED) is 0.167. The Morgan fingerprint density at radius 2 is 1.73 bits per heavy atom. The number of rotatable bonds is 10. The molecule has 0 spiro atoms. The van der Waals surface area contributed by atoms with Crippen molar-refractivity contribution in [3.05, 3.63) is 112 Å². The van der Waals surface area contributed by atoms with Crippen LogP contribution in [0.1, 0.15) is 78.2 Å². The number of nitriles is 1. The molecule has 2 N–H and O–H groups in total. The smallest absolute Gasteiger partial charge is 0.435 e. The Morgan fingerprint density at radius 3 is 2.42 bits per heavy atom. The number of nitrogens with zero attached hydrogens (tertiary/aromatic N) is 3. The number of carbonyl (C=O) groups is 2. The van der Waals surface area contributed by atoms with Crippen LogP contribution in [0.5, 0.6) is 0 Å². The lowest BCUT2D eigenvalue weighted by Crippen LogP contribution is -2.40. The Morgan fingerprint density at radius 1 is 1.00 bits per heavy atom. The molecule has 1 unspecified atom stereocenters. The van der Waals surface area contributed by atoms with Crippen LogP contribution in [0.15, 0.2) is 72.8 Å². The molecule has 2 amide bonds. The Hall–Kier alpha value is -5.22. The van der Waals surface area contributed by atoms with E-state index in [0.29, 0.717) is 22.8 Å². The second-order valence-electron chi connectivity index (χ2n) is 12.5. The van der Waals surface area contributed by atoms with E-state index < -0.39 is 40.9 Å². The number of alkyl halides is 3. The molecule has 1 aromatic heterocycles. The number of nitrogens with one attached hydrogen (secondary N) is 2. The van der Waals surface area contributed by atoms with Gasteiger partial charge in [-0.05, 0) is 92.6 Å². The van der Waals surface area contributed by atoms with E-state index in [1.54, 1.807) is 45.0 Å². The van der Waals surface area contributed by atoms with Crippen LogP contribution < -0.4 is 10.6 Å². The van der Waals surface area contributed by atoms with Gasteiger partial charge in [0.05, 0.1) is 35.7 Å². The van der Waals surface area contributed by atoms with Crippen molar-refractivity contribution in [3.8, 4) is 11.8 Å². The van der Waals surface area contributed by atoms with E-state index in [4.69, 9.17) is 9.47 Å². The average molecular weight is 664 g/mol. The summed E-state index contributed by atoms with van der Waals surface area (Å²) in [5, 5.41) is 17.9. The maximum absolute atomic E-state index is 14.9. The molecular formula is C35H33F4N5O4. The number of hydrogen-bond acceptors (Lipinski definition) is 6. The highest BCUT2D eigenvalue weighted by molar-refractivity contribution is 6.03. The topological polar surface area (TPSA) is 118 Å². The molecule has 48 heavy (non-hydrogen) atoms. The number of anilines is 1. The van der Waals surface area contributed by atoms with E-state index in [2.05, 4.69) is 21.8 Å². The predicted molar refractivity (Wildman–Crippen MR) is 167 cm³/mol. The van der Waals surface area contributed by atoms with Crippen molar-refractivity contribution in [3.63, 3.8) is 0 Å². The van der Waals surface area contributed by atoms with Crippen molar-refractivity contribution < 1.29 is 36.6 Å². The molecule has 1 aliphatic rings. The van der Waals surface area contributed by atoms with E-state index in [0.717, 1.165) is 29.2 Å².